The zero-order valence-electron chi connectivity index (χ0n) is 13.7. The van der Waals surface area contributed by atoms with E-state index in [1.807, 2.05) is 30.3 Å². The van der Waals surface area contributed by atoms with Crippen LogP contribution in [0.3, 0.4) is 0 Å². The highest BCUT2D eigenvalue weighted by Gasteiger charge is 2.37. The smallest absolute Gasteiger partial charge is 0.180 e. The van der Waals surface area contributed by atoms with Crippen LogP contribution >= 0.6 is 0 Å². The number of H-pyrrole nitrogens is 1. The third-order valence-corrected chi connectivity index (χ3v) is 3.87. The Bertz CT molecular complexity index is 1000. The quantitative estimate of drug-likeness (QED) is 0.721. The standard InChI is InChI=1S/C12H11N5.C5H4N4/c13-12(6-9-4-2-1-3-5-9)10-11(15-7-14-10)16-8-17-12;1-4-5(8-2-6-1)9-3-7-4/h1-5,7-8H,6,13H2;1-3H,(H,6,7,8,9). The SMILES string of the molecule is NC1(Cc2ccccc2)N=CN=C2N=CN=C21.c1ncc2[nH]cnc2n1. The van der Waals surface area contributed by atoms with Gasteiger partial charge in [-0.3, -0.25) is 0 Å². The van der Waals surface area contributed by atoms with Gasteiger partial charge in [0.2, 0.25) is 0 Å². The lowest BCUT2D eigenvalue weighted by molar-refractivity contribution is 0.597. The predicted octanol–water partition coefficient (Wildman–Crippen LogP) is 1.16. The highest BCUT2D eigenvalue weighted by Crippen LogP contribution is 2.20. The van der Waals surface area contributed by atoms with E-state index in [4.69, 9.17) is 5.73 Å². The fourth-order valence-corrected chi connectivity index (χ4v) is 2.64. The molecule has 0 bridgehead atoms. The van der Waals surface area contributed by atoms with Crippen molar-refractivity contribution in [2.45, 2.75) is 12.1 Å². The number of amidine groups is 1. The minimum absolute atomic E-state index is 0.568. The molecule has 1 unspecified atom stereocenters. The van der Waals surface area contributed by atoms with E-state index in [1.54, 1.807) is 12.5 Å². The average molecular weight is 345 g/mol. The number of aromatic amines is 1. The molecule has 9 heteroatoms. The van der Waals surface area contributed by atoms with Gasteiger partial charge in [0.1, 0.15) is 30.2 Å². The number of rotatable bonds is 2. The second-order valence-electron chi connectivity index (χ2n) is 5.67. The molecule has 2 aliphatic rings. The molecule has 0 saturated heterocycles. The van der Waals surface area contributed by atoms with E-state index in [0.29, 0.717) is 23.6 Å². The topological polar surface area (TPSA) is 130 Å². The van der Waals surface area contributed by atoms with E-state index in [-0.39, 0.29) is 0 Å². The number of imidazole rings is 1. The molecule has 5 rings (SSSR count). The van der Waals surface area contributed by atoms with Crippen LogP contribution in [0.15, 0.2) is 69.2 Å². The van der Waals surface area contributed by atoms with Gasteiger partial charge in [0.15, 0.2) is 17.1 Å². The highest BCUT2D eigenvalue weighted by atomic mass is 15.2. The maximum atomic E-state index is 6.29. The first-order valence-electron chi connectivity index (χ1n) is 7.89. The summed E-state index contributed by atoms with van der Waals surface area (Å²) in [6, 6.07) is 9.97. The van der Waals surface area contributed by atoms with Gasteiger partial charge in [-0.05, 0) is 5.56 Å². The highest BCUT2D eigenvalue weighted by molar-refractivity contribution is 6.50. The predicted molar refractivity (Wildman–Crippen MR) is 101 cm³/mol. The number of nitrogens with two attached hydrogens (primary N) is 1. The van der Waals surface area contributed by atoms with Crippen molar-refractivity contribution >= 4 is 35.4 Å². The fourth-order valence-electron chi connectivity index (χ4n) is 2.64. The average Bonchev–Trinajstić information content (AvgIpc) is 3.33. The van der Waals surface area contributed by atoms with Gasteiger partial charge in [-0.2, -0.15) is 0 Å². The number of aromatic nitrogens is 4. The fraction of sp³-hybridized carbons (Fsp3) is 0.118. The van der Waals surface area contributed by atoms with E-state index in [0.717, 1.165) is 11.1 Å². The second-order valence-corrected chi connectivity index (χ2v) is 5.67. The normalized spacial score (nSPS) is 20.2. The molecule has 4 heterocycles. The van der Waals surface area contributed by atoms with E-state index in [9.17, 15) is 0 Å². The van der Waals surface area contributed by atoms with Gasteiger partial charge in [0.05, 0.1) is 12.5 Å². The van der Waals surface area contributed by atoms with Crippen LogP contribution in [0.2, 0.25) is 0 Å². The summed E-state index contributed by atoms with van der Waals surface area (Å²) in [7, 11) is 0. The molecule has 0 saturated carbocycles. The molecular formula is C17H15N9. The van der Waals surface area contributed by atoms with Crippen molar-refractivity contribution in [3.05, 3.63) is 54.7 Å². The molecule has 9 nitrogen and oxygen atoms in total. The van der Waals surface area contributed by atoms with Crippen LogP contribution in [-0.2, 0) is 6.42 Å². The lowest BCUT2D eigenvalue weighted by Crippen LogP contribution is -2.52. The zero-order chi connectivity index (χ0) is 17.8. The van der Waals surface area contributed by atoms with E-state index in [1.165, 1.54) is 19.0 Å². The molecule has 0 spiro atoms. The number of nitrogens with one attached hydrogen (secondary N) is 1. The summed E-state index contributed by atoms with van der Waals surface area (Å²) in [4.78, 5) is 31.0. The molecule has 0 amide bonds. The minimum atomic E-state index is -0.852. The first kappa shape index (κ1) is 15.9. The zero-order valence-corrected chi connectivity index (χ0v) is 13.7. The molecule has 1 atom stereocenters. The number of benzene rings is 1. The van der Waals surface area contributed by atoms with Gasteiger partial charge >= 0.3 is 0 Å². The van der Waals surface area contributed by atoms with E-state index >= 15 is 0 Å². The van der Waals surface area contributed by atoms with Gasteiger partial charge in [0, 0.05) is 6.42 Å². The third-order valence-electron chi connectivity index (χ3n) is 3.87. The van der Waals surface area contributed by atoms with Crippen molar-refractivity contribution in [2.24, 2.45) is 25.7 Å². The number of fused-ring (bicyclic) bond motifs is 2. The van der Waals surface area contributed by atoms with Crippen molar-refractivity contribution in [2.75, 3.05) is 0 Å². The molecule has 2 aromatic heterocycles. The molecule has 3 aromatic rings. The minimum Gasteiger partial charge on any atom is -0.342 e. The molecule has 1 aromatic carbocycles. The molecule has 26 heavy (non-hydrogen) atoms. The van der Waals surface area contributed by atoms with Crippen molar-refractivity contribution in [3.63, 3.8) is 0 Å². The molecule has 2 aliphatic heterocycles. The van der Waals surface area contributed by atoms with Crippen LogP contribution in [-0.4, -0.2) is 49.8 Å². The van der Waals surface area contributed by atoms with Gasteiger partial charge < -0.3 is 10.7 Å². The Kier molecular flexibility index (Phi) is 4.12. The summed E-state index contributed by atoms with van der Waals surface area (Å²) in [6.07, 6.45) is 8.28. The van der Waals surface area contributed by atoms with Crippen molar-refractivity contribution in [1.82, 2.24) is 19.9 Å². The second kappa shape index (κ2) is 6.73. The number of nitrogens with zero attached hydrogens (tertiary/aromatic N) is 7. The molecule has 0 fully saturated rings. The summed E-state index contributed by atoms with van der Waals surface area (Å²) >= 11 is 0. The van der Waals surface area contributed by atoms with Gasteiger partial charge in [0.25, 0.3) is 0 Å². The van der Waals surface area contributed by atoms with Gasteiger partial charge in [-0.15, -0.1) is 0 Å². The maximum Gasteiger partial charge on any atom is 0.180 e. The Morgan fingerprint density at radius 1 is 1.04 bits per heavy atom. The van der Waals surface area contributed by atoms with E-state index in [2.05, 4.69) is 39.9 Å². The molecule has 0 radical (unpaired) electrons. The van der Waals surface area contributed by atoms with Crippen molar-refractivity contribution in [1.29, 1.82) is 0 Å². The van der Waals surface area contributed by atoms with Crippen LogP contribution in [0.25, 0.3) is 11.2 Å². The molecule has 3 N–H and O–H groups in total. The molecule has 128 valence electrons. The first-order chi connectivity index (χ1) is 12.7. The van der Waals surface area contributed by atoms with Crippen LogP contribution in [0.4, 0.5) is 0 Å². The summed E-state index contributed by atoms with van der Waals surface area (Å²) in [6.45, 7) is 0. The Morgan fingerprint density at radius 2 is 1.92 bits per heavy atom. The summed E-state index contributed by atoms with van der Waals surface area (Å²) in [5.74, 6) is 0.568. The van der Waals surface area contributed by atoms with Crippen LogP contribution < -0.4 is 5.73 Å². The van der Waals surface area contributed by atoms with Crippen LogP contribution in [0.5, 0.6) is 0 Å². The van der Waals surface area contributed by atoms with Crippen LogP contribution in [0, 0.1) is 0 Å². The van der Waals surface area contributed by atoms with Crippen molar-refractivity contribution in [3.8, 4) is 0 Å². The monoisotopic (exact) mass is 345 g/mol. The van der Waals surface area contributed by atoms with Gasteiger partial charge in [-0.1, -0.05) is 30.3 Å². The summed E-state index contributed by atoms with van der Waals surface area (Å²) < 4.78 is 0. The number of hydrogen-bond acceptors (Lipinski definition) is 8. The summed E-state index contributed by atoms with van der Waals surface area (Å²) in [5, 5.41) is 0. The molecular weight excluding hydrogens is 330 g/mol. The van der Waals surface area contributed by atoms with Gasteiger partial charge in [-0.25, -0.2) is 34.9 Å². The van der Waals surface area contributed by atoms with Crippen molar-refractivity contribution < 1.29 is 0 Å². The number of hydrogen-bond donors (Lipinski definition) is 2. The number of aliphatic imine (C=N–C) groups is 4. The van der Waals surface area contributed by atoms with Crippen LogP contribution in [0.1, 0.15) is 5.56 Å². The summed E-state index contributed by atoms with van der Waals surface area (Å²) in [5.41, 5.74) is 8.78. The van der Waals surface area contributed by atoms with E-state index < -0.39 is 5.66 Å². The Morgan fingerprint density at radius 3 is 2.77 bits per heavy atom. The first-order valence-corrected chi connectivity index (χ1v) is 7.89. The Hall–Kier alpha value is -3.59. The maximum absolute atomic E-state index is 6.29. The third kappa shape index (κ3) is 3.15. The Labute approximate surface area is 148 Å². The largest absolute Gasteiger partial charge is 0.342 e. The molecule has 0 aliphatic carbocycles. The lowest BCUT2D eigenvalue weighted by Gasteiger charge is -2.26. The lowest BCUT2D eigenvalue weighted by atomic mass is 9.95. The Balaban J connectivity index is 0.000000157.